The van der Waals surface area contributed by atoms with Gasteiger partial charge in [-0.05, 0) is 39.2 Å². The molecule has 0 spiro atoms. The van der Waals surface area contributed by atoms with E-state index in [4.69, 9.17) is 9.84 Å². The molecule has 0 fully saturated rings. The van der Waals surface area contributed by atoms with Crippen LogP contribution in [0.4, 0.5) is 0 Å². The van der Waals surface area contributed by atoms with Crippen molar-refractivity contribution in [1.82, 2.24) is 5.32 Å². The summed E-state index contributed by atoms with van der Waals surface area (Å²) in [6.07, 6.45) is 1.67. The fraction of sp³-hybridized carbons (Fsp3) is 0.923. The molecule has 0 amide bonds. The molecular formula is C13H27NO3. The van der Waals surface area contributed by atoms with Crippen LogP contribution >= 0.6 is 0 Å². The van der Waals surface area contributed by atoms with Gasteiger partial charge in [-0.2, -0.15) is 0 Å². The lowest BCUT2D eigenvalue weighted by Gasteiger charge is -2.23. The molecule has 2 N–H and O–H groups in total. The average molecular weight is 245 g/mol. The number of carboxylic acids is 1. The lowest BCUT2D eigenvalue weighted by atomic mass is 9.89. The summed E-state index contributed by atoms with van der Waals surface area (Å²) in [6.45, 7) is 9.23. The second kappa shape index (κ2) is 7.67. The van der Waals surface area contributed by atoms with Crippen molar-refractivity contribution in [1.29, 1.82) is 0 Å². The molecule has 102 valence electrons. The average Bonchev–Trinajstić information content (AvgIpc) is 2.16. The quantitative estimate of drug-likeness (QED) is 0.653. The molecule has 1 unspecified atom stereocenters. The molecule has 0 aromatic rings. The van der Waals surface area contributed by atoms with Crippen molar-refractivity contribution in [2.75, 3.05) is 20.3 Å². The first kappa shape index (κ1) is 16.4. The summed E-state index contributed by atoms with van der Waals surface area (Å²) in [6, 6.07) is 0.310. The Balaban J connectivity index is 4.01. The molecular weight excluding hydrogens is 218 g/mol. The number of aliphatic carboxylic acids is 1. The van der Waals surface area contributed by atoms with E-state index in [0.717, 1.165) is 6.42 Å². The maximum atomic E-state index is 10.9. The predicted octanol–water partition coefficient (Wildman–Crippen LogP) is 2.14. The zero-order valence-electron chi connectivity index (χ0n) is 11.7. The standard InChI is InChI=1S/C13H27NO3/c1-10(2)8-11(9-17-5)14-7-6-13(3,4)12(15)16/h10-11,14H,6-9H2,1-5H3,(H,15,16). The van der Waals surface area contributed by atoms with E-state index >= 15 is 0 Å². The van der Waals surface area contributed by atoms with Crippen molar-refractivity contribution in [2.45, 2.75) is 46.6 Å². The largest absolute Gasteiger partial charge is 0.481 e. The first-order valence-corrected chi connectivity index (χ1v) is 6.25. The predicted molar refractivity (Wildman–Crippen MR) is 69.2 cm³/mol. The summed E-state index contributed by atoms with van der Waals surface area (Å²) in [5.74, 6) is -0.137. The normalized spacial score (nSPS) is 14.0. The van der Waals surface area contributed by atoms with Crippen LogP contribution in [0.5, 0.6) is 0 Å². The van der Waals surface area contributed by atoms with Crippen molar-refractivity contribution < 1.29 is 14.6 Å². The molecule has 4 heteroatoms. The van der Waals surface area contributed by atoms with E-state index in [2.05, 4.69) is 19.2 Å². The summed E-state index contributed by atoms with van der Waals surface area (Å²) in [7, 11) is 1.69. The van der Waals surface area contributed by atoms with Gasteiger partial charge in [0.15, 0.2) is 0 Å². The molecule has 1 atom stereocenters. The van der Waals surface area contributed by atoms with Gasteiger partial charge >= 0.3 is 5.97 Å². The number of hydrogen-bond donors (Lipinski definition) is 2. The maximum Gasteiger partial charge on any atom is 0.309 e. The van der Waals surface area contributed by atoms with Crippen molar-refractivity contribution in [3.05, 3.63) is 0 Å². The molecule has 0 bridgehead atoms. The lowest BCUT2D eigenvalue weighted by molar-refractivity contribution is -0.147. The first-order chi connectivity index (χ1) is 7.79. The zero-order chi connectivity index (χ0) is 13.5. The van der Waals surface area contributed by atoms with Gasteiger partial charge < -0.3 is 15.2 Å². The lowest BCUT2D eigenvalue weighted by Crippen LogP contribution is -2.37. The van der Waals surface area contributed by atoms with Crippen LogP contribution in [0.1, 0.15) is 40.5 Å². The van der Waals surface area contributed by atoms with E-state index in [0.29, 0.717) is 31.5 Å². The highest BCUT2D eigenvalue weighted by molar-refractivity contribution is 5.73. The summed E-state index contributed by atoms with van der Waals surface area (Å²) in [4.78, 5) is 10.9. The molecule has 17 heavy (non-hydrogen) atoms. The monoisotopic (exact) mass is 245 g/mol. The Labute approximate surface area is 105 Å². The third-order valence-electron chi connectivity index (χ3n) is 2.89. The SMILES string of the molecule is COCC(CC(C)C)NCCC(C)(C)C(=O)O. The third kappa shape index (κ3) is 7.34. The van der Waals surface area contributed by atoms with Crippen LogP contribution in [0.2, 0.25) is 0 Å². The highest BCUT2D eigenvalue weighted by atomic mass is 16.5. The number of nitrogens with one attached hydrogen (secondary N) is 1. The smallest absolute Gasteiger partial charge is 0.309 e. The second-order valence-corrected chi connectivity index (χ2v) is 5.67. The number of ether oxygens (including phenoxy) is 1. The van der Waals surface area contributed by atoms with Crippen LogP contribution in [-0.2, 0) is 9.53 Å². The molecule has 0 rings (SSSR count). The summed E-state index contributed by atoms with van der Waals surface area (Å²) >= 11 is 0. The highest BCUT2D eigenvalue weighted by Crippen LogP contribution is 2.19. The van der Waals surface area contributed by atoms with Crippen LogP contribution in [0, 0.1) is 11.3 Å². The topological polar surface area (TPSA) is 58.6 Å². The molecule has 0 saturated carbocycles. The molecule has 0 aliphatic rings. The van der Waals surface area contributed by atoms with E-state index in [-0.39, 0.29) is 0 Å². The maximum absolute atomic E-state index is 10.9. The molecule has 4 nitrogen and oxygen atoms in total. The van der Waals surface area contributed by atoms with Gasteiger partial charge in [-0.15, -0.1) is 0 Å². The van der Waals surface area contributed by atoms with Gasteiger partial charge in [0, 0.05) is 13.2 Å². The van der Waals surface area contributed by atoms with Crippen molar-refractivity contribution in [3.63, 3.8) is 0 Å². The highest BCUT2D eigenvalue weighted by Gasteiger charge is 2.26. The van der Waals surface area contributed by atoms with Crippen LogP contribution in [-0.4, -0.2) is 37.4 Å². The zero-order valence-corrected chi connectivity index (χ0v) is 11.7. The first-order valence-electron chi connectivity index (χ1n) is 6.25. The van der Waals surface area contributed by atoms with E-state index in [1.807, 2.05) is 0 Å². The third-order valence-corrected chi connectivity index (χ3v) is 2.89. The number of methoxy groups -OCH3 is 1. The number of carbonyl (C=O) groups is 1. The molecule has 0 radical (unpaired) electrons. The molecule has 0 aliphatic carbocycles. The van der Waals surface area contributed by atoms with Gasteiger partial charge in [-0.3, -0.25) is 4.79 Å². The van der Waals surface area contributed by atoms with Crippen molar-refractivity contribution in [2.24, 2.45) is 11.3 Å². The Hall–Kier alpha value is -0.610. The van der Waals surface area contributed by atoms with Crippen LogP contribution < -0.4 is 5.32 Å². The number of carboxylic acid groups (broad SMARTS) is 1. The molecule has 0 aromatic heterocycles. The van der Waals surface area contributed by atoms with Gasteiger partial charge in [0.1, 0.15) is 0 Å². The van der Waals surface area contributed by atoms with Gasteiger partial charge in [0.05, 0.1) is 12.0 Å². The van der Waals surface area contributed by atoms with E-state index < -0.39 is 11.4 Å². The second-order valence-electron chi connectivity index (χ2n) is 5.67. The Kier molecular flexibility index (Phi) is 7.39. The number of hydrogen-bond acceptors (Lipinski definition) is 3. The van der Waals surface area contributed by atoms with Gasteiger partial charge in [-0.25, -0.2) is 0 Å². The summed E-state index contributed by atoms with van der Waals surface area (Å²) < 4.78 is 5.16. The fourth-order valence-electron chi connectivity index (χ4n) is 1.68. The molecule has 0 heterocycles. The minimum Gasteiger partial charge on any atom is -0.481 e. The Morgan fingerprint density at radius 2 is 2.00 bits per heavy atom. The summed E-state index contributed by atoms with van der Waals surface area (Å²) in [5, 5.41) is 12.4. The Morgan fingerprint density at radius 3 is 2.41 bits per heavy atom. The molecule has 0 aromatic carbocycles. The summed E-state index contributed by atoms with van der Waals surface area (Å²) in [5.41, 5.74) is -0.664. The molecule has 0 aliphatic heterocycles. The van der Waals surface area contributed by atoms with E-state index in [1.54, 1.807) is 21.0 Å². The Morgan fingerprint density at radius 1 is 1.41 bits per heavy atom. The van der Waals surface area contributed by atoms with Crippen LogP contribution in [0.3, 0.4) is 0 Å². The Bertz CT molecular complexity index is 227. The van der Waals surface area contributed by atoms with Crippen LogP contribution in [0.15, 0.2) is 0 Å². The van der Waals surface area contributed by atoms with Crippen LogP contribution in [0.25, 0.3) is 0 Å². The van der Waals surface area contributed by atoms with Gasteiger partial charge in [-0.1, -0.05) is 13.8 Å². The van der Waals surface area contributed by atoms with Gasteiger partial charge in [0.2, 0.25) is 0 Å². The van der Waals surface area contributed by atoms with Crippen molar-refractivity contribution >= 4 is 5.97 Å². The fourth-order valence-corrected chi connectivity index (χ4v) is 1.68. The minimum absolute atomic E-state index is 0.310. The van der Waals surface area contributed by atoms with Gasteiger partial charge in [0.25, 0.3) is 0 Å². The van der Waals surface area contributed by atoms with E-state index in [1.165, 1.54) is 0 Å². The molecule has 0 saturated heterocycles. The van der Waals surface area contributed by atoms with Crippen molar-refractivity contribution in [3.8, 4) is 0 Å². The number of rotatable bonds is 9. The minimum atomic E-state index is -0.744. The van der Waals surface area contributed by atoms with E-state index in [9.17, 15) is 4.79 Å².